The van der Waals surface area contributed by atoms with Gasteiger partial charge < -0.3 is 10.1 Å². The lowest BCUT2D eigenvalue weighted by atomic mass is 10.1. The lowest BCUT2D eigenvalue weighted by Gasteiger charge is -2.06. The summed E-state index contributed by atoms with van der Waals surface area (Å²) in [6.07, 6.45) is 1.55. The first-order valence-electron chi connectivity index (χ1n) is 5.54. The number of pyridine rings is 1. The Kier molecular flexibility index (Phi) is 3.74. The van der Waals surface area contributed by atoms with Crippen LogP contribution < -0.4 is 10.1 Å². The van der Waals surface area contributed by atoms with Gasteiger partial charge in [0, 0.05) is 17.8 Å². The summed E-state index contributed by atoms with van der Waals surface area (Å²) in [6, 6.07) is 11.7. The van der Waals surface area contributed by atoms with Gasteiger partial charge in [0.05, 0.1) is 18.7 Å². The average Bonchev–Trinajstić information content (AvgIpc) is 2.47. The van der Waals surface area contributed by atoms with Crippen molar-refractivity contribution in [3.05, 3.63) is 53.7 Å². The molecule has 0 unspecified atom stereocenters. The molecule has 5 heteroatoms. The number of nitrogens with one attached hydrogen (secondary N) is 1. The zero-order valence-corrected chi connectivity index (χ0v) is 10.3. The van der Waals surface area contributed by atoms with Crippen molar-refractivity contribution < 1.29 is 9.53 Å². The highest BCUT2D eigenvalue weighted by molar-refractivity contribution is 6.03. The Balaban J connectivity index is 2.13. The molecule has 5 nitrogen and oxygen atoms in total. The van der Waals surface area contributed by atoms with Crippen LogP contribution in [0.1, 0.15) is 15.9 Å². The van der Waals surface area contributed by atoms with Crippen LogP contribution in [0.25, 0.3) is 0 Å². The number of amides is 1. The minimum absolute atomic E-state index is 0.287. The fraction of sp³-hybridized carbons (Fsp3) is 0.0714. The molecule has 2 aromatic rings. The quantitative estimate of drug-likeness (QED) is 0.910. The SMILES string of the molecule is COc1ccnc(NC(=O)c2ccc(C#N)cc2)c1. The van der Waals surface area contributed by atoms with E-state index < -0.39 is 0 Å². The molecule has 94 valence electrons. The number of nitrogens with zero attached hydrogens (tertiary/aromatic N) is 2. The van der Waals surface area contributed by atoms with Crippen LogP contribution >= 0.6 is 0 Å². The van der Waals surface area contributed by atoms with E-state index in [-0.39, 0.29) is 5.91 Å². The first kappa shape index (κ1) is 12.6. The van der Waals surface area contributed by atoms with E-state index in [9.17, 15) is 4.79 Å². The second-order valence-corrected chi connectivity index (χ2v) is 3.72. The third-order valence-corrected chi connectivity index (χ3v) is 2.48. The lowest BCUT2D eigenvalue weighted by Crippen LogP contribution is -2.12. The van der Waals surface area contributed by atoms with Crippen molar-refractivity contribution in [2.75, 3.05) is 12.4 Å². The van der Waals surface area contributed by atoms with Crippen LogP contribution in [0.3, 0.4) is 0 Å². The van der Waals surface area contributed by atoms with Gasteiger partial charge in [-0.2, -0.15) is 5.26 Å². The summed E-state index contributed by atoms with van der Waals surface area (Å²) in [5.41, 5.74) is 0.972. The van der Waals surface area contributed by atoms with Crippen molar-refractivity contribution in [2.24, 2.45) is 0 Å². The zero-order valence-electron chi connectivity index (χ0n) is 10.3. The smallest absolute Gasteiger partial charge is 0.256 e. The summed E-state index contributed by atoms with van der Waals surface area (Å²) in [7, 11) is 1.54. The molecule has 1 aromatic carbocycles. The van der Waals surface area contributed by atoms with Gasteiger partial charge in [-0.3, -0.25) is 4.79 Å². The minimum Gasteiger partial charge on any atom is -0.497 e. The summed E-state index contributed by atoms with van der Waals surface area (Å²) >= 11 is 0. The molecule has 0 aliphatic rings. The number of hydrogen-bond donors (Lipinski definition) is 1. The highest BCUT2D eigenvalue weighted by Gasteiger charge is 2.07. The van der Waals surface area contributed by atoms with Gasteiger partial charge in [-0.1, -0.05) is 0 Å². The molecule has 1 heterocycles. The molecule has 0 radical (unpaired) electrons. The maximum Gasteiger partial charge on any atom is 0.256 e. The molecule has 0 bridgehead atoms. The molecule has 0 aliphatic heterocycles. The van der Waals surface area contributed by atoms with Crippen molar-refractivity contribution in [1.29, 1.82) is 5.26 Å². The van der Waals surface area contributed by atoms with Crippen LogP contribution in [-0.4, -0.2) is 18.0 Å². The van der Waals surface area contributed by atoms with Crippen LogP contribution in [0.15, 0.2) is 42.6 Å². The molecule has 1 N–H and O–H groups in total. The third-order valence-electron chi connectivity index (χ3n) is 2.48. The summed E-state index contributed by atoms with van der Waals surface area (Å²) in [5.74, 6) is 0.740. The number of hydrogen-bond acceptors (Lipinski definition) is 4. The highest BCUT2D eigenvalue weighted by atomic mass is 16.5. The zero-order chi connectivity index (χ0) is 13.7. The Morgan fingerprint density at radius 3 is 2.68 bits per heavy atom. The van der Waals surface area contributed by atoms with Crippen LogP contribution in [-0.2, 0) is 0 Å². The second-order valence-electron chi connectivity index (χ2n) is 3.72. The summed E-state index contributed by atoms with van der Waals surface area (Å²) in [5, 5.41) is 11.3. The van der Waals surface area contributed by atoms with Gasteiger partial charge in [0.15, 0.2) is 0 Å². The number of aromatic nitrogens is 1. The second kappa shape index (κ2) is 5.65. The van der Waals surface area contributed by atoms with Gasteiger partial charge in [0.2, 0.25) is 0 Å². The Hall–Kier alpha value is -2.87. The molecule has 2 rings (SSSR count). The van der Waals surface area contributed by atoms with E-state index in [4.69, 9.17) is 10.00 Å². The number of carbonyl (C=O) groups is 1. The fourth-order valence-corrected chi connectivity index (χ4v) is 1.49. The Morgan fingerprint density at radius 1 is 1.32 bits per heavy atom. The van der Waals surface area contributed by atoms with E-state index in [0.29, 0.717) is 22.7 Å². The molecule has 0 saturated carbocycles. The van der Waals surface area contributed by atoms with Crippen LogP contribution in [0, 0.1) is 11.3 Å². The number of nitriles is 1. The Bertz CT molecular complexity index is 630. The molecule has 0 spiro atoms. The fourth-order valence-electron chi connectivity index (χ4n) is 1.49. The van der Waals surface area contributed by atoms with Crippen LogP contribution in [0.2, 0.25) is 0 Å². The molecule has 1 aromatic heterocycles. The molecule has 0 saturated heterocycles. The normalized spacial score (nSPS) is 9.47. The molecule has 0 atom stereocenters. The summed E-state index contributed by atoms with van der Waals surface area (Å²) in [6.45, 7) is 0. The number of rotatable bonds is 3. The Morgan fingerprint density at radius 2 is 2.05 bits per heavy atom. The van der Waals surface area contributed by atoms with Gasteiger partial charge >= 0.3 is 0 Å². The third kappa shape index (κ3) is 3.07. The molecule has 0 fully saturated rings. The van der Waals surface area contributed by atoms with Crippen molar-refractivity contribution in [3.63, 3.8) is 0 Å². The van der Waals surface area contributed by atoms with Crippen molar-refractivity contribution in [1.82, 2.24) is 4.98 Å². The highest BCUT2D eigenvalue weighted by Crippen LogP contribution is 2.14. The number of benzene rings is 1. The van der Waals surface area contributed by atoms with E-state index in [1.807, 2.05) is 6.07 Å². The number of anilines is 1. The van der Waals surface area contributed by atoms with Gasteiger partial charge in [-0.25, -0.2) is 4.98 Å². The standard InChI is InChI=1S/C14H11N3O2/c1-19-12-6-7-16-13(8-12)17-14(18)11-4-2-10(9-15)3-5-11/h2-8H,1H3,(H,16,17,18). The van der Waals surface area contributed by atoms with Crippen molar-refractivity contribution >= 4 is 11.7 Å². The molecule has 0 aliphatic carbocycles. The summed E-state index contributed by atoms with van der Waals surface area (Å²) in [4.78, 5) is 16.0. The molecular weight excluding hydrogens is 242 g/mol. The number of ether oxygens (including phenoxy) is 1. The van der Waals surface area contributed by atoms with Crippen LogP contribution in [0.5, 0.6) is 5.75 Å². The maximum atomic E-state index is 11.9. The van der Waals surface area contributed by atoms with Gasteiger partial charge in [0.25, 0.3) is 5.91 Å². The van der Waals surface area contributed by atoms with Crippen molar-refractivity contribution in [2.45, 2.75) is 0 Å². The maximum absolute atomic E-state index is 11.9. The van der Waals surface area contributed by atoms with Gasteiger partial charge in [-0.05, 0) is 30.3 Å². The van der Waals surface area contributed by atoms with E-state index in [1.54, 1.807) is 49.7 Å². The van der Waals surface area contributed by atoms with Crippen molar-refractivity contribution in [3.8, 4) is 11.8 Å². The largest absolute Gasteiger partial charge is 0.497 e. The monoisotopic (exact) mass is 253 g/mol. The van der Waals surface area contributed by atoms with Crippen LogP contribution in [0.4, 0.5) is 5.82 Å². The number of methoxy groups -OCH3 is 1. The Labute approximate surface area is 110 Å². The van der Waals surface area contributed by atoms with E-state index in [2.05, 4.69) is 10.3 Å². The van der Waals surface area contributed by atoms with Gasteiger partial charge in [-0.15, -0.1) is 0 Å². The summed E-state index contributed by atoms with van der Waals surface area (Å²) < 4.78 is 5.05. The predicted molar refractivity (Wildman–Crippen MR) is 69.9 cm³/mol. The molecular formula is C14H11N3O2. The topological polar surface area (TPSA) is 75.0 Å². The van der Waals surface area contributed by atoms with Gasteiger partial charge in [0.1, 0.15) is 11.6 Å². The van der Waals surface area contributed by atoms with E-state index in [1.165, 1.54) is 0 Å². The number of carbonyl (C=O) groups excluding carboxylic acids is 1. The minimum atomic E-state index is -0.287. The molecule has 1 amide bonds. The van der Waals surface area contributed by atoms with E-state index in [0.717, 1.165) is 0 Å². The first-order valence-corrected chi connectivity index (χ1v) is 5.54. The lowest BCUT2D eigenvalue weighted by molar-refractivity contribution is 0.102. The van der Waals surface area contributed by atoms with E-state index >= 15 is 0 Å². The average molecular weight is 253 g/mol. The predicted octanol–water partition coefficient (Wildman–Crippen LogP) is 2.21. The molecule has 19 heavy (non-hydrogen) atoms. The first-order chi connectivity index (χ1) is 9.22.